The van der Waals surface area contributed by atoms with Crippen LogP contribution in [0.2, 0.25) is 0 Å². The molecule has 0 radical (unpaired) electrons. The van der Waals surface area contributed by atoms with Crippen LogP contribution in [0.1, 0.15) is 29.2 Å². The molecule has 1 aliphatic rings. The molecule has 1 aliphatic heterocycles. The second-order valence-corrected chi connectivity index (χ2v) is 5.58. The number of rotatable bonds is 4. The van der Waals surface area contributed by atoms with Crippen molar-refractivity contribution in [2.75, 3.05) is 13.1 Å². The molecule has 0 fully saturated rings. The molecule has 3 rings (SSSR count). The van der Waals surface area contributed by atoms with Crippen molar-refractivity contribution in [3.63, 3.8) is 0 Å². The normalized spacial score (nSPS) is 17.8. The van der Waals surface area contributed by atoms with Gasteiger partial charge in [-0.25, -0.2) is 5.48 Å². The minimum absolute atomic E-state index is 0.164. The molecule has 4 nitrogen and oxygen atoms in total. The molecule has 0 saturated heterocycles. The Bertz CT molecular complexity index is 643. The van der Waals surface area contributed by atoms with Gasteiger partial charge in [-0.05, 0) is 23.1 Å². The summed E-state index contributed by atoms with van der Waals surface area (Å²) in [5, 5.41) is 8.69. The van der Waals surface area contributed by atoms with Crippen molar-refractivity contribution in [1.82, 2.24) is 10.4 Å². The summed E-state index contributed by atoms with van der Waals surface area (Å²) in [6, 6.07) is 19.0. The van der Waals surface area contributed by atoms with Gasteiger partial charge in [0.05, 0.1) is 6.04 Å². The first-order valence-corrected chi connectivity index (χ1v) is 7.59. The topological polar surface area (TPSA) is 52.6 Å². The molecule has 4 heteroatoms. The van der Waals surface area contributed by atoms with Crippen LogP contribution in [0.25, 0.3) is 0 Å². The Morgan fingerprint density at radius 2 is 1.86 bits per heavy atom. The van der Waals surface area contributed by atoms with Crippen molar-refractivity contribution < 1.29 is 10.0 Å². The van der Waals surface area contributed by atoms with Crippen LogP contribution in [-0.4, -0.2) is 29.1 Å². The van der Waals surface area contributed by atoms with Crippen LogP contribution in [0.4, 0.5) is 0 Å². The van der Waals surface area contributed by atoms with Gasteiger partial charge in [-0.15, -0.1) is 0 Å². The zero-order chi connectivity index (χ0) is 15.4. The molecule has 22 heavy (non-hydrogen) atoms. The van der Waals surface area contributed by atoms with Crippen molar-refractivity contribution in [3.05, 3.63) is 71.3 Å². The quantitative estimate of drug-likeness (QED) is 0.673. The molecule has 0 saturated carbocycles. The number of hydrogen-bond acceptors (Lipinski definition) is 3. The number of carbonyl (C=O) groups excluding carboxylic acids is 1. The van der Waals surface area contributed by atoms with Crippen molar-refractivity contribution in [3.8, 4) is 0 Å². The maximum atomic E-state index is 11.4. The summed E-state index contributed by atoms with van der Waals surface area (Å²) in [5.74, 6) is -0.342. The fraction of sp³-hybridized carbons (Fsp3) is 0.278. The van der Waals surface area contributed by atoms with E-state index in [1.807, 2.05) is 18.2 Å². The third-order valence-corrected chi connectivity index (χ3v) is 4.25. The number of hydroxylamine groups is 1. The molecular formula is C18H20N2O2. The zero-order valence-electron chi connectivity index (χ0n) is 12.4. The van der Waals surface area contributed by atoms with E-state index in [-0.39, 0.29) is 11.9 Å². The van der Waals surface area contributed by atoms with Crippen LogP contribution < -0.4 is 5.48 Å². The number of carbonyl (C=O) groups is 1. The van der Waals surface area contributed by atoms with Gasteiger partial charge in [0.15, 0.2) is 0 Å². The highest BCUT2D eigenvalue weighted by Crippen LogP contribution is 2.34. The molecule has 2 N–H and O–H groups in total. The summed E-state index contributed by atoms with van der Waals surface area (Å²) in [6.07, 6.45) is 1.28. The Balaban J connectivity index is 1.91. The van der Waals surface area contributed by atoms with E-state index in [4.69, 9.17) is 5.21 Å². The number of benzene rings is 2. The largest absolute Gasteiger partial charge is 0.292 e. The molecule has 1 amide bonds. The lowest BCUT2D eigenvalue weighted by Crippen LogP contribution is -2.38. The van der Waals surface area contributed by atoms with E-state index in [2.05, 4.69) is 41.3 Å². The Kier molecular flexibility index (Phi) is 4.51. The van der Waals surface area contributed by atoms with Crippen molar-refractivity contribution in [2.45, 2.75) is 18.9 Å². The third-order valence-electron chi connectivity index (χ3n) is 4.25. The van der Waals surface area contributed by atoms with Gasteiger partial charge in [-0.3, -0.25) is 14.9 Å². The smallest absolute Gasteiger partial charge is 0.244 e. The second kappa shape index (κ2) is 6.73. The molecule has 2 aromatic rings. The highest BCUT2D eigenvalue weighted by atomic mass is 16.5. The molecule has 0 aromatic heterocycles. The van der Waals surface area contributed by atoms with E-state index in [1.54, 1.807) is 5.48 Å². The third kappa shape index (κ3) is 3.03. The summed E-state index contributed by atoms with van der Waals surface area (Å²) in [6.45, 7) is 1.54. The molecule has 0 aliphatic carbocycles. The Labute approximate surface area is 130 Å². The van der Waals surface area contributed by atoms with Gasteiger partial charge in [0.1, 0.15) is 0 Å². The van der Waals surface area contributed by atoms with E-state index < -0.39 is 0 Å². The fourth-order valence-electron chi connectivity index (χ4n) is 3.19. The second-order valence-electron chi connectivity index (χ2n) is 5.58. The number of nitrogens with zero attached hydrogens (tertiary/aromatic N) is 1. The average molecular weight is 296 g/mol. The van der Waals surface area contributed by atoms with Crippen LogP contribution >= 0.6 is 0 Å². The van der Waals surface area contributed by atoms with Gasteiger partial charge in [0, 0.05) is 19.5 Å². The van der Waals surface area contributed by atoms with Crippen LogP contribution in [0.15, 0.2) is 54.6 Å². The first kappa shape index (κ1) is 14.8. The number of amides is 1. The van der Waals surface area contributed by atoms with Gasteiger partial charge in [0.25, 0.3) is 0 Å². The van der Waals surface area contributed by atoms with Gasteiger partial charge >= 0.3 is 0 Å². The predicted octanol–water partition coefficient (Wildman–Crippen LogP) is 2.53. The maximum absolute atomic E-state index is 11.4. The van der Waals surface area contributed by atoms with E-state index in [9.17, 15) is 4.79 Å². The fourth-order valence-corrected chi connectivity index (χ4v) is 3.19. The summed E-state index contributed by atoms with van der Waals surface area (Å²) < 4.78 is 0. The van der Waals surface area contributed by atoms with Gasteiger partial charge in [-0.1, -0.05) is 54.6 Å². The molecule has 2 aromatic carbocycles. The van der Waals surface area contributed by atoms with Crippen LogP contribution in [-0.2, 0) is 11.2 Å². The monoisotopic (exact) mass is 296 g/mol. The minimum Gasteiger partial charge on any atom is -0.292 e. The summed E-state index contributed by atoms with van der Waals surface area (Å²) >= 11 is 0. The van der Waals surface area contributed by atoms with Gasteiger partial charge < -0.3 is 0 Å². The molecule has 1 heterocycles. The zero-order valence-corrected chi connectivity index (χ0v) is 12.4. The first-order valence-electron chi connectivity index (χ1n) is 7.59. The van der Waals surface area contributed by atoms with E-state index in [0.29, 0.717) is 13.0 Å². The highest BCUT2D eigenvalue weighted by Gasteiger charge is 2.28. The Morgan fingerprint density at radius 3 is 2.64 bits per heavy atom. The van der Waals surface area contributed by atoms with E-state index in [1.165, 1.54) is 16.7 Å². The van der Waals surface area contributed by atoms with Crippen LogP contribution in [0, 0.1) is 0 Å². The average Bonchev–Trinajstić information content (AvgIpc) is 2.59. The van der Waals surface area contributed by atoms with Gasteiger partial charge in [0.2, 0.25) is 5.91 Å². The SMILES string of the molecule is O=C(CCN1CCc2ccccc2C1c1ccccc1)NO. The highest BCUT2D eigenvalue weighted by molar-refractivity contribution is 5.74. The van der Waals surface area contributed by atoms with Crippen molar-refractivity contribution in [1.29, 1.82) is 0 Å². The van der Waals surface area contributed by atoms with Crippen LogP contribution in [0.5, 0.6) is 0 Å². The maximum Gasteiger partial charge on any atom is 0.244 e. The Hall–Kier alpha value is -2.17. The lowest BCUT2D eigenvalue weighted by molar-refractivity contribution is -0.129. The lowest BCUT2D eigenvalue weighted by atomic mass is 9.88. The molecule has 114 valence electrons. The Morgan fingerprint density at radius 1 is 1.14 bits per heavy atom. The lowest BCUT2D eigenvalue weighted by Gasteiger charge is -2.37. The van der Waals surface area contributed by atoms with E-state index >= 15 is 0 Å². The molecule has 0 spiro atoms. The standard InChI is InChI=1S/C18H20N2O2/c21-17(19-22)11-13-20-12-10-14-6-4-5-9-16(14)18(20)15-7-2-1-3-8-15/h1-9,18,22H,10-13H2,(H,19,21). The summed E-state index contributed by atoms with van der Waals surface area (Å²) in [4.78, 5) is 13.7. The molecule has 1 atom stereocenters. The number of fused-ring (bicyclic) bond motifs is 1. The minimum atomic E-state index is -0.342. The van der Waals surface area contributed by atoms with Crippen molar-refractivity contribution in [2.24, 2.45) is 0 Å². The molecular weight excluding hydrogens is 276 g/mol. The van der Waals surface area contributed by atoms with Crippen molar-refractivity contribution >= 4 is 5.91 Å². The first-order chi connectivity index (χ1) is 10.8. The predicted molar refractivity (Wildman–Crippen MR) is 84.6 cm³/mol. The molecule has 1 unspecified atom stereocenters. The van der Waals surface area contributed by atoms with Crippen LogP contribution in [0.3, 0.4) is 0 Å². The summed E-state index contributed by atoms with van der Waals surface area (Å²) in [5.41, 5.74) is 5.63. The number of hydrogen-bond donors (Lipinski definition) is 2. The van der Waals surface area contributed by atoms with Gasteiger partial charge in [-0.2, -0.15) is 0 Å². The number of nitrogens with one attached hydrogen (secondary N) is 1. The van der Waals surface area contributed by atoms with E-state index in [0.717, 1.165) is 13.0 Å². The summed E-state index contributed by atoms with van der Waals surface area (Å²) in [7, 11) is 0. The molecule has 0 bridgehead atoms.